The maximum atomic E-state index is 11.0. The van der Waals surface area contributed by atoms with Gasteiger partial charge in [0.1, 0.15) is 0 Å². The number of hydrogen-bond acceptors (Lipinski definition) is 1. The van der Waals surface area contributed by atoms with Gasteiger partial charge in [-0.1, -0.05) is 38.5 Å². The van der Waals surface area contributed by atoms with E-state index in [2.05, 4.69) is 39.8 Å². The van der Waals surface area contributed by atoms with Crippen molar-refractivity contribution in [2.24, 2.45) is 17.3 Å². The number of hydrogen-bond donors (Lipinski definition) is 0. The maximum absolute atomic E-state index is 11.0. The molecule has 0 heterocycles. The standard InChI is InChI=1S/C14H22O/c1-10-6-7-11(2)14(4,5)13(10)9-8-12(3)15/h6,8-9,11,13H,7H2,1-5H3/t11-,13?/m0/s1. The topological polar surface area (TPSA) is 17.1 Å². The average Bonchev–Trinajstić information content (AvgIpc) is 2.11. The number of ketones is 1. The second kappa shape index (κ2) is 4.34. The van der Waals surface area contributed by atoms with Crippen LogP contribution in [0.3, 0.4) is 0 Å². The Balaban J connectivity index is 2.96. The number of rotatable bonds is 2. The zero-order valence-corrected chi connectivity index (χ0v) is 10.5. The van der Waals surface area contributed by atoms with E-state index >= 15 is 0 Å². The van der Waals surface area contributed by atoms with Gasteiger partial charge in [0.2, 0.25) is 0 Å². The summed E-state index contributed by atoms with van der Waals surface area (Å²) in [7, 11) is 0. The first-order valence-corrected chi connectivity index (χ1v) is 5.71. The highest BCUT2D eigenvalue weighted by Crippen LogP contribution is 2.45. The lowest BCUT2D eigenvalue weighted by Gasteiger charge is -2.42. The Morgan fingerprint density at radius 2 is 2.13 bits per heavy atom. The monoisotopic (exact) mass is 206 g/mol. The Bertz CT molecular complexity index is 307. The molecule has 0 aromatic heterocycles. The van der Waals surface area contributed by atoms with Crippen LogP contribution in [0.25, 0.3) is 0 Å². The van der Waals surface area contributed by atoms with Crippen LogP contribution in [0.15, 0.2) is 23.8 Å². The van der Waals surface area contributed by atoms with Gasteiger partial charge in [-0.25, -0.2) is 0 Å². The first-order valence-electron chi connectivity index (χ1n) is 5.71. The highest BCUT2D eigenvalue weighted by atomic mass is 16.1. The first kappa shape index (κ1) is 12.2. The van der Waals surface area contributed by atoms with Crippen LogP contribution < -0.4 is 0 Å². The van der Waals surface area contributed by atoms with Crippen molar-refractivity contribution in [3.8, 4) is 0 Å². The Morgan fingerprint density at radius 3 is 2.67 bits per heavy atom. The van der Waals surface area contributed by atoms with Crippen LogP contribution in [0.5, 0.6) is 0 Å². The van der Waals surface area contributed by atoms with Gasteiger partial charge in [-0.15, -0.1) is 0 Å². The lowest BCUT2D eigenvalue weighted by Crippen LogP contribution is -2.33. The average molecular weight is 206 g/mol. The van der Waals surface area contributed by atoms with E-state index in [1.165, 1.54) is 5.57 Å². The quantitative estimate of drug-likeness (QED) is 0.496. The number of carbonyl (C=O) groups is 1. The normalized spacial score (nSPS) is 30.3. The largest absolute Gasteiger partial charge is 0.295 e. The molecule has 0 aromatic carbocycles. The summed E-state index contributed by atoms with van der Waals surface area (Å²) in [6, 6.07) is 0. The molecule has 0 saturated carbocycles. The minimum Gasteiger partial charge on any atom is -0.295 e. The van der Waals surface area contributed by atoms with Crippen molar-refractivity contribution >= 4 is 5.78 Å². The molecular weight excluding hydrogens is 184 g/mol. The summed E-state index contributed by atoms with van der Waals surface area (Å²) in [4.78, 5) is 11.0. The second-order valence-electron chi connectivity index (χ2n) is 5.35. The predicted octanol–water partition coefficient (Wildman–Crippen LogP) is 3.76. The van der Waals surface area contributed by atoms with Crippen LogP contribution in [0.2, 0.25) is 0 Å². The van der Waals surface area contributed by atoms with Crippen molar-refractivity contribution in [3.63, 3.8) is 0 Å². The Morgan fingerprint density at radius 1 is 1.53 bits per heavy atom. The van der Waals surface area contributed by atoms with Crippen LogP contribution in [-0.4, -0.2) is 5.78 Å². The molecule has 1 aliphatic rings. The molecule has 0 bridgehead atoms. The molecule has 0 amide bonds. The minimum absolute atomic E-state index is 0.136. The molecule has 0 fully saturated rings. The molecule has 0 saturated heterocycles. The van der Waals surface area contributed by atoms with Gasteiger partial charge in [-0.3, -0.25) is 4.79 Å². The van der Waals surface area contributed by atoms with Crippen molar-refractivity contribution in [1.82, 2.24) is 0 Å². The first-order chi connectivity index (χ1) is 6.85. The summed E-state index contributed by atoms with van der Waals surface area (Å²) in [5, 5.41) is 0. The second-order valence-corrected chi connectivity index (χ2v) is 5.35. The van der Waals surface area contributed by atoms with E-state index in [0.29, 0.717) is 11.8 Å². The van der Waals surface area contributed by atoms with Gasteiger partial charge in [0.25, 0.3) is 0 Å². The fraction of sp³-hybridized carbons (Fsp3) is 0.643. The molecular formula is C14H22O. The molecule has 0 aliphatic heterocycles. The Kier molecular flexibility index (Phi) is 3.54. The SMILES string of the molecule is CC(=O)C=CC1C(C)=CC[C@H](C)C1(C)C. The van der Waals surface area contributed by atoms with Crippen LogP contribution in [0, 0.1) is 17.3 Å². The third-order valence-corrected chi connectivity index (χ3v) is 3.88. The molecule has 0 radical (unpaired) electrons. The van der Waals surface area contributed by atoms with Gasteiger partial charge in [0, 0.05) is 5.92 Å². The van der Waals surface area contributed by atoms with Gasteiger partial charge < -0.3 is 0 Å². The molecule has 1 heteroatoms. The molecule has 1 unspecified atom stereocenters. The van der Waals surface area contributed by atoms with E-state index < -0.39 is 0 Å². The van der Waals surface area contributed by atoms with Crippen LogP contribution in [0.1, 0.15) is 41.0 Å². The molecule has 1 nitrogen and oxygen atoms in total. The molecule has 84 valence electrons. The van der Waals surface area contributed by atoms with E-state index in [1.54, 1.807) is 13.0 Å². The van der Waals surface area contributed by atoms with Crippen molar-refractivity contribution in [3.05, 3.63) is 23.8 Å². The molecule has 2 atom stereocenters. The fourth-order valence-corrected chi connectivity index (χ4v) is 2.32. The van der Waals surface area contributed by atoms with Crippen molar-refractivity contribution in [1.29, 1.82) is 0 Å². The maximum Gasteiger partial charge on any atom is 0.152 e. The van der Waals surface area contributed by atoms with Crippen LogP contribution >= 0.6 is 0 Å². The summed E-state index contributed by atoms with van der Waals surface area (Å²) in [5.74, 6) is 1.21. The zero-order valence-electron chi connectivity index (χ0n) is 10.5. The number of allylic oxidation sites excluding steroid dienone is 4. The predicted molar refractivity (Wildman–Crippen MR) is 64.6 cm³/mol. The van der Waals surface area contributed by atoms with E-state index in [0.717, 1.165) is 6.42 Å². The molecule has 1 aliphatic carbocycles. The highest BCUT2D eigenvalue weighted by molar-refractivity contribution is 5.87. The number of carbonyl (C=O) groups excluding carboxylic acids is 1. The van der Waals surface area contributed by atoms with E-state index in [-0.39, 0.29) is 11.2 Å². The smallest absolute Gasteiger partial charge is 0.152 e. The fourth-order valence-electron chi connectivity index (χ4n) is 2.32. The summed E-state index contributed by atoms with van der Waals surface area (Å²) in [6.07, 6.45) is 7.25. The lowest BCUT2D eigenvalue weighted by molar-refractivity contribution is -0.112. The van der Waals surface area contributed by atoms with Crippen molar-refractivity contribution in [2.75, 3.05) is 0 Å². The van der Waals surface area contributed by atoms with E-state index in [9.17, 15) is 4.79 Å². The molecule has 15 heavy (non-hydrogen) atoms. The van der Waals surface area contributed by atoms with Crippen LogP contribution in [-0.2, 0) is 4.79 Å². The molecule has 1 rings (SSSR count). The van der Waals surface area contributed by atoms with E-state index in [4.69, 9.17) is 0 Å². The highest BCUT2D eigenvalue weighted by Gasteiger charge is 2.36. The third-order valence-electron chi connectivity index (χ3n) is 3.88. The summed E-state index contributed by atoms with van der Waals surface area (Å²) >= 11 is 0. The molecule has 0 N–H and O–H groups in total. The van der Waals surface area contributed by atoms with Gasteiger partial charge >= 0.3 is 0 Å². The van der Waals surface area contributed by atoms with E-state index in [1.807, 2.05) is 0 Å². The van der Waals surface area contributed by atoms with Gasteiger partial charge in [-0.05, 0) is 37.7 Å². The summed E-state index contributed by atoms with van der Waals surface area (Å²) in [5.41, 5.74) is 1.65. The van der Waals surface area contributed by atoms with Gasteiger partial charge in [-0.2, -0.15) is 0 Å². The van der Waals surface area contributed by atoms with Gasteiger partial charge in [0.15, 0.2) is 5.78 Å². The third kappa shape index (κ3) is 2.58. The summed E-state index contributed by atoms with van der Waals surface area (Å²) in [6.45, 7) is 10.7. The van der Waals surface area contributed by atoms with Crippen molar-refractivity contribution in [2.45, 2.75) is 41.0 Å². The Hall–Kier alpha value is -0.850. The zero-order chi connectivity index (χ0) is 11.6. The minimum atomic E-state index is 0.136. The Labute approximate surface area is 93.3 Å². The van der Waals surface area contributed by atoms with Crippen molar-refractivity contribution < 1.29 is 4.79 Å². The molecule has 0 spiro atoms. The molecule has 0 aromatic rings. The summed E-state index contributed by atoms with van der Waals surface area (Å²) < 4.78 is 0. The van der Waals surface area contributed by atoms with Gasteiger partial charge in [0.05, 0.1) is 0 Å². The van der Waals surface area contributed by atoms with Crippen LogP contribution in [0.4, 0.5) is 0 Å². The lowest BCUT2D eigenvalue weighted by atomic mass is 9.63.